The van der Waals surface area contributed by atoms with Crippen molar-refractivity contribution in [2.24, 2.45) is 0 Å². The number of hydrogen-bond acceptors (Lipinski definition) is 4. The van der Waals surface area contributed by atoms with E-state index in [0.29, 0.717) is 12.1 Å². The van der Waals surface area contributed by atoms with Crippen LogP contribution >= 0.6 is 0 Å². The Morgan fingerprint density at radius 1 is 1.03 bits per heavy atom. The zero-order valence-corrected chi connectivity index (χ0v) is 17.9. The van der Waals surface area contributed by atoms with Crippen LogP contribution in [0.1, 0.15) is 34.5 Å². The summed E-state index contributed by atoms with van der Waals surface area (Å²) in [6.07, 6.45) is -4.80. The SMILES string of the molecule is C[C@@H](Nc1ccccc1C(=O)O)c1cc(C(F)(F)F)cc2c(=O)cc(-c3ccc(F)cc3F)oc12. The van der Waals surface area contributed by atoms with Gasteiger partial charge in [-0.1, -0.05) is 12.1 Å². The first-order valence-electron chi connectivity index (χ1n) is 10.2. The minimum absolute atomic E-state index is 0.114. The lowest BCUT2D eigenvalue weighted by Gasteiger charge is -2.20. The average molecular weight is 489 g/mol. The number of carboxylic acids is 1. The van der Waals surface area contributed by atoms with E-state index < -0.39 is 46.2 Å². The van der Waals surface area contributed by atoms with E-state index in [-0.39, 0.29) is 33.7 Å². The maximum Gasteiger partial charge on any atom is 0.416 e. The van der Waals surface area contributed by atoms with E-state index in [1.165, 1.54) is 25.1 Å². The number of fused-ring (bicyclic) bond motifs is 1. The first kappa shape index (κ1) is 23.9. The molecule has 4 rings (SSSR count). The van der Waals surface area contributed by atoms with Gasteiger partial charge in [0.2, 0.25) is 0 Å². The highest BCUT2D eigenvalue weighted by Gasteiger charge is 2.33. The Balaban J connectivity index is 1.94. The fourth-order valence-corrected chi connectivity index (χ4v) is 3.70. The highest BCUT2D eigenvalue weighted by atomic mass is 19.4. The number of aromatic carboxylic acids is 1. The maximum atomic E-state index is 14.3. The van der Waals surface area contributed by atoms with E-state index in [2.05, 4.69) is 5.32 Å². The van der Waals surface area contributed by atoms with Crippen molar-refractivity contribution in [3.05, 3.63) is 99.2 Å². The molecule has 180 valence electrons. The molecule has 35 heavy (non-hydrogen) atoms. The number of anilines is 1. The molecule has 0 saturated heterocycles. The molecule has 3 aromatic carbocycles. The molecule has 0 fully saturated rings. The molecule has 0 saturated carbocycles. The lowest BCUT2D eigenvalue weighted by Crippen LogP contribution is -2.15. The number of carbonyl (C=O) groups is 1. The van der Waals surface area contributed by atoms with E-state index in [4.69, 9.17) is 4.42 Å². The zero-order chi connectivity index (χ0) is 25.5. The van der Waals surface area contributed by atoms with Crippen LogP contribution in [0.25, 0.3) is 22.3 Å². The summed E-state index contributed by atoms with van der Waals surface area (Å²) in [6, 6.07) is 9.62. The van der Waals surface area contributed by atoms with E-state index in [0.717, 1.165) is 24.3 Å². The quantitative estimate of drug-likeness (QED) is 0.308. The van der Waals surface area contributed by atoms with Crippen LogP contribution in [0, 0.1) is 11.6 Å². The van der Waals surface area contributed by atoms with Gasteiger partial charge >= 0.3 is 12.1 Å². The molecule has 0 spiro atoms. The molecule has 4 aromatic rings. The Labute approximate surface area is 194 Å². The van der Waals surface area contributed by atoms with Crippen LogP contribution in [0.5, 0.6) is 0 Å². The predicted octanol–water partition coefficient (Wildman–Crippen LogP) is 6.63. The summed E-state index contributed by atoms with van der Waals surface area (Å²) in [5.41, 5.74) is -2.60. The van der Waals surface area contributed by atoms with Crippen molar-refractivity contribution in [3.8, 4) is 11.3 Å². The van der Waals surface area contributed by atoms with Crippen LogP contribution in [-0.4, -0.2) is 11.1 Å². The summed E-state index contributed by atoms with van der Waals surface area (Å²) in [4.78, 5) is 24.3. The molecule has 1 aromatic heterocycles. The summed E-state index contributed by atoms with van der Waals surface area (Å²) in [6.45, 7) is 1.46. The number of hydrogen-bond donors (Lipinski definition) is 2. The second-order valence-electron chi connectivity index (χ2n) is 7.76. The van der Waals surface area contributed by atoms with Crippen LogP contribution in [0.3, 0.4) is 0 Å². The number of para-hydroxylation sites is 1. The van der Waals surface area contributed by atoms with Gasteiger partial charge in [0.15, 0.2) is 5.43 Å². The number of nitrogens with one attached hydrogen (secondary N) is 1. The van der Waals surface area contributed by atoms with Crippen molar-refractivity contribution in [2.75, 3.05) is 5.32 Å². The minimum atomic E-state index is -4.80. The molecule has 10 heteroatoms. The number of halogens is 5. The number of rotatable bonds is 5. The van der Waals surface area contributed by atoms with E-state index in [9.17, 15) is 36.6 Å². The Bertz CT molecular complexity index is 1510. The van der Waals surface area contributed by atoms with Crippen molar-refractivity contribution in [2.45, 2.75) is 19.1 Å². The van der Waals surface area contributed by atoms with Crippen molar-refractivity contribution >= 4 is 22.6 Å². The molecule has 1 heterocycles. The van der Waals surface area contributed by atoms with Crippen LogP contribution in [0.15, 0.2) is 69.9 Å². The second kappa shape index (κ2) is 8.86. The maximum absolute atomic E-state index is 14.3. The molecule has 2 N–H and O–H groups in total. The van der Waals surface area contributed by atoms with Crippen molar-refractivity contribution in [3.63, 3.8) is 0 Å². The lowest BCUT2D eigenvalue weighted by atomic mass is 9.99. The molecule has 0 aliphatic carbocycles. The smallest absolute Gasteiger partial charge is 0.416 e. The summed E-state index contributed by atoms with van der Waals surface area (Å²) in [5, 5.41) is 11.8. The Morgan fingerprint density at radius 3 is 2.40 bits per heavy atom. The molecular formula is C25H16F5NO4. The van der Waals surface area contributed by atoms with Crippen LogP contribution < -0.4 is 10.7 Å². The highest BCUT2D eigenvalue weighted by molar-refractivity contribution is 5.94. The summed E-state index contributed by atoms with van der Waals surface area (Å²) in [7, 11) is 0. The third-order valence-electron chi connectivity index (χ3n) is 5.38. The third-order valence-corrected chi connectivity index (χ3v) is 5.38. The normalized spacial score (nSPS) is 12.5. The van der Waals surface area contributed by atoms with E-state index in [1.54, 1.807) is 6.07 Å². The number of benzene rings is 3. The fraction of sp³-hybridized carbons (Fsp3) is 0.120. The summed E-state index contributed by atoms with van der Waals surface area (Å²) >= 11 is 0. The summed E-state index contributed by atoms with van der Waals surface area (Å²) in [5.74, 6) is -3.45. The molecule has 0 amide bonds. The van der Waals surface area contributed by atoms with Gasteiger partial charge < -0.3 is 14.8 Å². The standard InChI is InChI=1S/C25H16F5NO4/c1-12(31-20-5-3-2-4-16(20)24(33)34)17-8-13(25(28,29)30)9-18-21(32)11-22(35-23(17)18)15-7-6-14(26)10-19(15)27/h2-12,31H,1H3,(H,33,34)/t12-/m1/s1. The largest absolute Gasteiger partial charge is 0.478 e. The van der Waals surface area contributed by atoms with Gasteiger partial charge in [0, 0.05) is 23.4 Å². The van der Waals surface area contributed by atoms with Crippen molar-refractivity contribution < 1.29 is 36.3 Å². The minimum Gasteiger partial charge on any atom is -0.478 e. The van der Waals surface area contributed by atoms with Gasteiger partial charge in [-0.2, -0.15) is 13.2 Å². The third kappa shape index (κ3) is 4.72. The number of alkyl halides is 3. The Hall–Kier alpha value is -4.21. The van der Waals surface area contributed by atoms with Crippen LogP contribution in [0.2, 0.25) is 0 Å². The molecule has 1 atom stereocenters. The van der Waals surface area contributed by atoms with Gasteiger partial charge in [-0.05, 0) is 43.3 Å². The fourth-order valence-electron chi connectivity index (χ4n) is 3.70. The summed E-state index contributed by atoms with van der Waals surface area (Å²) < 4.78 is 74.2. The number of carboxylic acid groups (broad SMARTS) is 1. The van der Waals surface area contributed by atoms with Gasteiger partial charge in [-0.3, -0.25) is 4.79 Å². The van der Waals surface area contributed by atoms with Crippen LogP contribution in [0.4, 0.5) is 27.6 Å². The van der Waals surface area contributed by atoms with Gasteiger partial charge in [0.1, 0.15) is 23.0 Å². The first-order chi connectivity index (χ1) is 16.5. The topological polar surface area (TPSA) is 79.5 Å². The van der Waals surface area contributed by atoms with Gasteiger partial charge in [-0.15, -0.1) is 0 Å². The van der Waals surface area contributed by atoms with Crippen molar-refractivity contribution in [1.82, 2.24) is 0 Å². The lowest BCUT2D eigenvalue weighted by molar-refractivity contribution is -0.137. The molecular weight excluding hydrogens is 473 g/mol. The van der Waals surface area contributed by atoms with E-state index in [1.807, 2.05) is 0 Å². The zero-order valence-electron chi connectivity index (χ0n) is 17.9. The van der Waals surface area contributed by atoms with Gasteiger partial charge in [-0.25, -0.2) is 13.6 Å². The monoisotopic (exact) mass is 489 g/mol. The molecule has 0 unspecified atom stereocenters. The van der Waals surface area contributed by atoms with Crippen LogP contribution in [-0.2, 0) is 6.18 Å². The predicted molar refractivity (Wildman–Crippen MR) is 118 cm³/mol. The van der Waals surface area contributed by atoms with Gasteiger partial charge in [0.05, 0.1) is 28.1 Å². The van der Waals surface area contributed by atoms with Crippen molar-refractivity contribution in [1.29, 1.82) is 0 Å². The van der Waals surface area contributed by atoms with Gasteiger partial charge in [0.25, 0.3) is 0 Å². The molecule has 5 nitrogen and oxygen atoms in total. The average Bonchev–Trinajstić information content (AvgIpc) is 2.78. The second-order valence-corrected chi connectivity index (χ2v) is 7.76. The first-order valence-corrected chi connectivity index (χ1v) is 10.2. The van der Waals surface area contributed by atoms with E-state index >= 15 is 0 Å². The molecule has 0 radical (unpaired) electrons. The molecule has 0 aliphatic heterocycles. The highest BCUT2D eigenvalue weighted by Crippen LogP contribution is 2.37. The Morgan fingerprint density at radius 2 is 1.74 bits per heavy atom. The Kier molecular flexibility index (Phi) is 6.06. The molecule has 0 bridgehead atoms. The molecule has 0 aliphatic rings.